The number of hydrogen-bond acceptors (Lipinski definition) is 5. The first kappa shape index (κ1) is 16.2. The van der Waals surface area contributed by atoms with Crippen LogP contribution in [0.1, 0.15) is 23.2 Å². The lowest BCUT2D eigenvalue weighted by molar-refractivity contribution is -0.384. The number of carbonyl (C=O) groups excluding carboxylic acids is 1. The number of carbonyl (C=O) groups is 2. The molecule has 24 heavy (non-hydrogen) atoms. The van der Waals surface area contributed by atoms with Crippen molar-refractivity contribution in [3.8, 4) is 5.75 Å². The molecule has 0 unspecified atom stereocenters. The summed E-state index contributed by atoms with van der Waals surface area (Å²) in [5, 5.41) is 20.3. The van der Waals surface area contributed by atoms with Crippen LogP contribution in [0, 0.1) is 27.9 Å². The fraction of sp³-hybridized carbons (Fsp3) is 0.500. The van der Waals surface area contributed by atoms with Gasteiger partial charge in [-0.05, 0) is 30.7 Å². The van der Waals surface area contributed by atoms with Gasteiger partial charge in [-0.1, -0.05) is 0 Å². The van der Waals surface area contributed by atoms with Crippen LogP contribution in [-0.4, -0.2) is 47.0 Å². The van der Waals surface area contributed by atoms with Gasteiger partial charge < -0.3 is 14.7 Å². The van der Waals surface area contributed by atoms with Crippen molar-refractivity contribution in [1.82, 2.24) is 4.90 Å². The van der Waals surface area contributed by atoms with Crippen LogP contribution in [-0.2, 0) is 4.79 Å². The quantitative estimate of drug-likeness (QED) is 0.649. The zero-order valence-corrected chi connectivity index (χ0v) is 13.2. The van der Waals surface area contributed by atoms with E-state index in [1.807, 2.05) is 0 Å². The lowest BCUT2D eigenvalue weighted by atomic mass is 9.92. The van der Waals surface area contributed by atoms with Crippen LogP contribution in [0.5, 0.6) is 5.75 Å². The zero-order valence-electron chi connectivity index (χ0n) is 13.2. The van der Waals surface area contributed by atoms with Gasteiger partial charge in [-0.2, -0.15) is 0 Å². The van der Waals surface area contributed by atoms with Gasteiger partial charge in [0.05, 0.1) is 23.5 Å². The average molecular weight is 334 g/mol. The molecular weight excluding hydrogens is 316 g/mol. The Labute approximate surface area is 138 Å². The summed E-state index contributed by atoms with van der Waals surface area (Å²) in [4.78, 5) is 36.1. The topological polar surface area (TPSA) is 110 Å². The van der Waals surface area contributed by atoms with Crippen molar-refractivity contribution in [1.29, 1.82) is 0 Å². The molecule has 1 aliphatic carbocycles. The largest absolute Gasteiger partial charge is 0.496 e. The van der Waals surface area contributed by atoms with E-state index < -0.39 is 22.7 Å². The predicted molar refractivity (Wildman–Crippen MR) is 82.9 cm³/mol. The Morgan fingerprint density at radius 1 is 1.33 bits per heavy atom. The van der Waals surface area contributed by atoms with Crippen molar-refractivity contribution < 1.29 is 24.4 Å². The number of aliphatic carboxylic acids is 1. The molecule has 0 aromatic heterocycles. The number of methoxy groups -OCH3 is 1. The molecule has 1 aromatic rings. The number of nitro benzene ring substituents is 1. The number of carboxylic acid groups (broad SMARTS) is 1. The first-order valence-electron chi connectivity index (χ1n) is 7.77. The maximum Gasteiger partial charge on any atom is 0.308 e. The van der Waals surface area contributed by atoms with Crippen molar-refractivity contribution in [3.05, 3.63) is 33.9 Å². The lowest BCUT2D eigenvalue weighted by Gasteiger charge is -2.18. The molecular formula is C16H18N2O6. The van der Waals surface area contributed by atoms with Crippen LogP contribution in [0.3, 0.4) is 0 Å². The summed E-state index contributed by atoms with van der Waals surface area (Å²) in [7, 11) is 1.38. The summed E-state index contributed by atoms with van der Waals surface area (Å²) in [6.07, 6.45) is 1.99. The minimum atomic E-state index is -0.895. The third kappa shape index (κ3) is 2.91. The van der Waals surface area contributed by atoms with Gasteiger partial charge in [-0.15, -0.1) is 0 Å². The number of nitro groups is 1. The predicted octanol–water partition coefficient (Wildman–Crippen LogP) is 1.79. The van der Waals surface area contributed by atoms with Gasteiger partial charge in [0, 0.05) is 25.2 Å². The number of carboxylic acids is 1. The number of non-ortho nitro benzene ring substituents is 1. The number of ether oxygens (including phenoxy) is 1. The molecule has 1 saturated carbocycles. The highest BCUT2D eigenvalue weighted by Gasteiger charge is 2.47. The molecule has 2 atom stereocenters. The molecule has 1 aliphatic heterocycles. The summed E-state index contributed by atoms with van der Waals surface area (Å²) >= 11 is 0. The van der Waals surface area contributed by atoms with Crippen molar-refractivity contribution in [2.75, 3.05) is 20.2 Å². The van der Waals surface area contributed by atoms with Gasteiger partial charge >= 0.3 is 5.97 Å². The van der Waals surface area contributed by atoms with Crippen LogP contribution in [0.15, 0.2) is 18.2 Å². The number of likely N-dealkylation sites (tertiary alicyclic amines) is 1. The van der Waals surface area contributed by atoms with E-state index in [0.29, 0.717) is 12.5 Å². The second-order valence-electron chi connectivity index (χ2n) is 6.30. The Bertz CT molecular complexity index is 700. The van der Waals surface area contributed by atoms with E-state index in [2.05, 4.69) is 0 Å². The van der Waals surface area contributed by atoms with Crippen LogP contribution in [0.25, 0.3) is 0 Å². The molecule has 1 saturated heterocycles. The van der Waals surface area contributed by atoms with Crippen molar-refractivity contribution in [2.24, 2.45) is 17.8 Å². The second kappa shape index (κ2) is 6.10. The van der Waals surface area contributed by atoms with Gasteiger partial charge in [-0.3, -0.25) is 19.7 Å². The molecule has 3 rings (SSSR count). The Kier molecular flexibility index (Phi) is 4.13. The molecule has 1 amide bonds. The molecule has 1 heterocycles. The molecule has 0 radical (unpaired) electrons. The fourth-order valence-corrected chi connectivity index (χ4v) is 3.41. The molecule has 0 bridgehead atoms. The van der Waals surface area contributed by atoms with E-state index in [4.69, 9.17) is 4.74 Å². The third-order valence-corrected chi connectivity index (χ3v) is 4.82. The Balaban J connectivity index is 1.87. The first-order valence-corrected chi connectivity index (χ1v) is 7.77. The second-order valence-corrected chi connectivity index (χ2v) is 6.30. The highest BCUT2D eigenvalue weighted by Crippen LogP contribution is 2.44. The number of benzene rings is 1. The molecule has 8 heteroatoms. The monoisotopic (exact) mass is 334 g/mol. The first-order chi connectivity index (χ1) is 11.4. The summed E-state index contributed by atoms with van der Waals surface area (Å²) in [5.41, 5.74) is -0.112. The van der Waals surface area contributed by atoms with Crippen molar-refractivity contribution >= 4 is 17.6 Å². The molecule has 2 aliphatic rings. The van der Waals surface area contributed by atoms with Crippen LogP contribution >= 0.6 is 0 Å². The Morgan fingerprint density at radius 2 is 2.04 bits per heavy atom. The van der Waals surface area contributed by atoms with Crippen molar-refractivity contribution in [3.63, 3.8) is 0 Å². The number of hydrogen-bond donors (Lipinski definition) is 1. The molecule has 1 N–H and O–H groups in total. The van der Waals surface area contributed by atoms with Gasteiger partial charge in [0.25, 0.3) is 11.6 Å². The smallest absolute Gasteiger partial charge is 0.308 e. The molecule has 1 aromatic carbocycles. The van der Waals surface area contributed by atoms with Crippen LogP contribution in [0.2, 0.25) is 0 Å². The van der Waals surface area contributed by atoms with E-state index in [0.717, 1.165) is 12.8 Å². The molecule has 128 valence electrons. The van der Waals surface area contributed by atoms with Gasteiger partial charge in [0.1, 0.15) is 5.75 Å². The molecule has 8 nitrogen and oxygen atoms in total. The average Bonchev–Trinajstić information content (AvgIpc) is 3.31. The normalized spacial score (nSPS) is 23.1. The van der Waals surface area contributed by atoms with Crippen LogP contribution in [0.4, 0.5) is 5.69 Å². The third-order valence-electron chi connectivity index (χ3n) is 4.82. The molecule has 0 spiro atoms. The SMILES string of the molecule is COc1ccc([N+](=O)[O-])cc1C(=O)N1C[C@H](C(=O)O)[C@@H](C2CC2)C1. The van der Waals surface area contributed by atoms with Gasteiger partial charge in [0.2, 0.25) is 0 Å². The summed E-state index contributed by atoms with van der Waals surface area (Å²) in [5.74, 6) is -1.34. The van der Waals surface area contributed by atoms with E-state index in [-0.39, 0.29) is 29.5 Å². The van der Waals surface area contributed by atoms with Gasteiger partial charge in [0.15, 0.2) is 0 Å². The summed E-state index contributed by atoms with van der Waals surface area (Å²) in [6.45, 7) is 0.494. The Hall–Kier alpha value is -2.64. The number of rotatable bonds is 5. The minimum absolute atomic E-state index is 0.0452. The van der Waals surface area contributed by atoms with Gasteiger partial charge in [-0.25, -0.2) is 0 Å². The maximum atomic E-state index is 12.8. The van der Waals surface area contributed by atoms with E-state index >= 15 is 0 Å². The van der Waals surface area contributed by atoms with E-state index in [9.17, 15) is 24.8 Å². The standard InChI is InChI=1S/C16H18N2O6/c1-24-14-5-4-10(18(22)23)6-11(14)15(19)17-7-12(9-2-3-9)13(8-17)16(20)21/h4-6,9,12-13H,2-3,7-8H2,1H3,(H,20,21)/t12-,13+/m1/s1. The van der Waals surface area contributed by atoms with Crippen molar-refractivity contribution in [2.45, 2.75) is 12.8 Å². The minimum Gasteiger partial charge on any atom is -0.496 e. The highest BCUT2D eigenvalue weighted by molar-refractivity contribution is 5.98. The maximum absolute atomic E-state index is 12.8. The van der Waals surface area contributed by atoms with E-state index in [1.54, 1.807) is 0 Å². The summed E-state index contributed by atoms with van der Waals surface area (Å²) < 4.78 is 5.14. The lowest BCUT2D eigenvalue weighted by Crippen LogP contribution is -2.30. The van der Waals surface area contributed by atoms with E-state index in [1.165, 1.54) is 30.2 Å². The summed E-state index contributed by atoms with van der Waals surface area (Å²) in [6, 6.07) is 3.84. The fourth-order valence-electron chi connectivity index (χ4n) is 3.41. The Morgan fingerprint density at radius 3 is 2.58 bits per heavy atom. The number of nitrogens with zero attached hydrogens (tertiary/aromatic N) is 2. The number of amides is 1. The van der Waals surface area contributed by atoms with Crippen LogP contribution < -0.4 is 4.74 Å². The highest BCUT2D eigenvalue weighted by atomic mass is 16.6. The zero-order chi connectivity index (χ0) is 17.4. The molecule has 2 fully saturated rings.